The lowest BCUT2D eigenvalue weighted by atomic mass is 10.0. The molecule has 0 bridgehead atoms. The Hall–Kier alpha value is -2.03. The molecule has 0 amide bonds. The molecule has 0 aliphatic heterocycles. The van der Waals surface area contributed by atoms with E-state index in [4.69, 9.17) is 4.74 Å². The van der Waals surface area contributed by atoms with Gasteiger partial charge in [-0.05, 0) is 37.8 Å². The van der Waals surface area contributed by atoms with Gasteiger partial charge < -0.3 is 9.84 Å². The minimum atomic E-state index is -0.482. The number of aromatic hydroxyl groups is 1. The van der Waals surface area contributed by atoms with Gasteiger partial charge in [0.25, 0.3) is 0 Å². The number of fused-ring (bicyclic) bond motifs is 1. The first-order valence-corrected chi connectivity index (χ1v) is 6.28. The van der Waals surface area contributed by atoms with Crippen LogP contribution in [0.25, 0.3) is 10.8 Å². The Balaban J connectivity index is 2.31. The number of rotatable bonds is 2. The SMILES string of the molecule is CC(C)(C)OC(=O)Cc1cccc2c(O)cccc12. The van der Waals surface area contributed by atoms with Crippen molar-refractivity contribution in [3.05, 3.63) is 42.0 Å². The molecule has 3 nitrogen and oxygen atoms in total. The lowest BCUT2D eigenvalue weighted by molar-refractivity contribution is -0.153. The largest absolute Gasteiger partial charge is 0.507 e. The van der Waals surface area contributed by atoms with Crippen molar-refractivity contribution in [3.63, 3.8) is 0 Å². The van der Waals surface area contributed by atoms with E-state index in [2.05, 4.69) is 0 Å². The minimum Gasteiger partial charge on any atom is -0.507 e. The smallest absolute Gasteiger partial charge is 0.310 e. The highest BCUT2D eigenvalue weighted by atomic mass is 16.6. The van der Waals surface area contributed by atoms with E-state index in [1.165, 1.54) is 0 Å². The van der Waals surface area contributed by atoms with E-state index in [0.717, 1.165) is 16.3 Å². The molecule has 0 heterocycles. The summed E-state index contributed by atoms with van der Waals surface area (Å²) in [6, 6.07) is 10.9. The summed E-state index contributed by atoms with van der Waals surface area (Å²) in [5.41, 5.74) is 0.381. The summed E-state index contributed by atoms with van der Waals surface area (Å²) >= 11 is 0. The molecule has 100 valence electrons. The van der Waals surface area contributed by atoms with Gasteiger partial charge in [-0.1, -0.05) is 30.3 Å². The fraction of sp³-hybridized carbons (Fsp3) is 0.312. The van der Waals surface area contributed by atoms with E-state index in [-0.39, 0.29) is 18.1 Å². The normalized spacial score (nSPS) is 11.5. The lowest BCUT2D eigenvalue weighted by Crippen LogP contribution is -2.24. The fourth-order valence-corrected chi connectivity index (χ4v) is 2.05. The van der Waals surface area contributed by atoms with Crippen molar-refractivity contribution in [2.75, 3.05) is 0 Å². The van der Waals surface area contributed by atoms with Crippen LogP contribution in [-0.2, 0) is 16.0 Å². The molecule has 0 aliphatic rings. The van der Waals surface area contributed by atoms with Gasteiger partial charge in [-0.15, -0.1) is 0 Å². The predicted octanol–water partition coefficient (Wildman–Crippen LogP) is 3.43. The third-order valence-electron chi connectivity index (χ3n) is 2.74. The van der Waals surface area contributed by atoms with Crippen LogP contribution in [0, 0.1) is 0 Å². The van der Waals surface area contributed by atoms with E-state index >= 15 is 0 Å². The Bertz CT molecular complexity index is 609. The molecule has 0 aromatic heterocycles. The number of hydrogen-bond donors (Lipinski definition) is 1. The Morgan fingerprint density at radius 1 is 1.11 bits per heavy atom. The molecule has 0 spiro atoms. The number of carbonyl (C=O) groups is 1. The van der Waals surface area contributed by atoms with Gasteiger partial charge in [-0.3, -0.25) is 4.79 Å². The van der Waals surface area contributed by atoms with Crippen LogP contribution in [0.4, 0.5) is 0 Å². The van der Waals surface area contributed by atoms with Gasteiger partial charge in [-0.25, -0.2) is 0 Å². The van der Waals surface area contributed by atoms with Crippen molar-refractivity contribution in [2.24, 2.45) is 0 Å². The van der Waals surface area contributed by atoms with E-state index < -0.39 is 5.60 Å². The Kier molecular flexibility index (Phi) is 3.47. The monoisotopic (exact) mass is 258 g/mol. The topological polar surface area (TPSA) is 46.5 Å². The van der Waals surface area contributed by atoms with E-state index in [9.17, 15) is 9.90 Å². The number of benzene rings is 2. The van der Waals surface area contributed by atoms with Crippen molar-refractivity contribution >= 4 is 16.7 Å². The molecule has 0 saturated heterocycles. The van der Waals surface area contributed by atoms with Gasteiger partial charge in [0.1, 0.15) is 11.4 Å². The summed E-state index contributed by atoms with van der Waals surface area (Å²) in [7, 11) is 0. The summed E-state index contributed by atoms with van der Waals surface area (Å²) in [6.45, 7) is 5.54. The first-order chi connectivity index (χ1) is 8.87. The van der Waals surface area contributed by atoms with Crippen LogP contribution in [0.15, 0.2) is 36.4 Å². The van der Waals surface area contributed by atoms with Gasteiger partial charge in [0.15, 0.2) is 0 Å². The van der Waals surface area contributed by atoms with Gasteiger partial charge in [0.2, 0.25) is 0 Å². The van der Waals surface area contributed by atoms with Crippen molar-refractivity contribution in [1.29, 1.82) is 0 Å². The molecular formula is C16H18O3. The number of phenolic OH excluding ortho intramolecular Hbond substituents is 1. The molecule has 0 saturated carbocycles. The summed E-state index contributed by atoms with van der Waals surface area (Å²) in [4.78, 5) is 11.9. The van der Waals surface area contributed by atoms with Crippen molar-refractivity contribution in [3.8, 4) is 5.75 Å². The average molecular weight is 258 g/mol. The zero-order valence-electron chi connectivity index (χ0n) is 11.4. The average Bonchev–Trinajstić information content (AvgIpc) is 2.28. The Morgan fingerprint density at radius 2 is 1.74 bits per heavy atom. The molecule has 1 N–H and O–H groups in total. The van der Waals surface area contributed by atoms with Crippen molar-refractivity contribution in [1.82, 2.24) is 0 Å². The third-order valence-corrected chi connectivity index (χ3v) is 2.74. The van der Waals surface area contributed by atoms with E-state index in [1.54, 1.807) is 12.1 Å². The van der Waals surface area contributed by atoms with Crippen LogP contribution >= 0.6 is 0 Å². The second-order valence-corrected chi connectivity index (χ2v) is 5.55. The van der Waals surface area contributed by atoms with Crippen molar-refractivity contribution in [2.45, 2.75) is 32.8 Å². The summed E-state index contributed by atoms with van der Waals surface area (Å²) < 4.78 is 5.32. The van der Waals surface area contributed by atoms with Crippen LogP contribution in [-0.4, -0.2) is 16.7 Å². The van der Waals surface area contributed by atoms with E-state index in [0.29, 0.717) is 0 Å². The highest BCUT2D eigenvalue weighted by molar-refractivity contribution is 5.92. The zero-order chi connectivity index (χ0) is 14.0. The number of hydrogen-bond acceptors (Lipinski definition) is 3. The molecule has 3 heteroatoms. The maximum atomic E-state index is 11.9. The highest BCUT2D eigenvalue weighted by Gasteiger charge is 2.17. The second kappa shape index (κ2) is 4.92. The summed E-state index contributed by atoms with van der Waals surface area (Å²) in [6.07, 6.45) is 0.206. The Morgan fingerprint density at radius 3 is 2.42 bits per heavy atom. The molecule has 0 radical (unpaired) electrons. The quantitative estimate of drug-likeness (QED) is 0.839. The van der Waals surface area contributed by atoms with Crippen LogP contribution in [0.1, 0.15) is 26.3 Å². The van der Waals surface area contributed by atoms with E-state index in [1.807, 2.05) is 45.0 Å². The van der Waals surface area contributed by atoms with Crippen LogP contribution in [0.2, 0.25) is 0 Å². The number of ether oxygens (including phenoxy) is 1. The van der Waals surface area contributed by atoms with Crippen LogP contribution in [0.5, 0.6) is 5.75 Å². The molecule has 2 aromatic rings. The summed E-state index contributed by atoms with van der Waals surface area (Å²) in [5.74, 6) is -0.0353. The van der Waals surface area contributed by atoms with Crippen LogP contribution < -0.4 is 0 Å². The second-order valence-electron chi connectivity index (χ2n) is 5.55. The lowest BCUT2D eigenvalue weighted by Gasteiger charge is -2.19. The van der Waals surface area contributed by atoms with Crippen molar-refractivity contribution < 1.29 is 14.6 Å². The molecule has 2 rings (SSSR count). The molecule has 0 fully saturated rings. The fourth-order valence-electron chi connectivity index (χ4n) is 2.05. The van der Waals surface area contributed by atoms with Gasteiger partial charge in [-0.2, -0.15) is 0 Å². The molecule has 2 aromatic carbocycles. The number of phenols is 1. The maximum absolute atomic E-state index is 11.9. The van der Waals surface area contributed by atoms with Gasteiger partial charge in [0, 0.05) is 5.39 Å². The number of carbonyl (C=O) groups excluding carboxylic acids is 1. The molecular weight excluding hydrogens is 240 g/mol. The molecule has 0 aliphatic carbocycles. The maximum Gasteiger partial charge on any atom is 0.310 e. The molecule has 0 unspecified atom stereocenters. The summed E-state index contributed by atoms with van der Waals surface area (Å²) in [5, 5.41) is 11.4. The first kappa shape index (κ1) is 13.4. The number of esters is 1. The third kappa shape index (κ3) is 3.25. The van der Waals surface area contributed by atoms with Crippen LogP contribution in [0.3, 0.4) is 0 Å². The predicted molar refractivity (Wildman–Crippen MR) is 75.2 cm³/mol. The first-order valence-electron chi connectivity index (χ1n) is 6.28. The Labute approximate surface area is 112 Å². The molecule has 19 heavy (non-hydrogen) atoms. The highest BCUT2D eigenvalue weighted by Crippen LogP contribution is 2.27. The minimum absolute atomic E-state index is 0.206. The van der Waals surface area contributed by atoms with Gasteiger partial charge >= 0.3 is 5.97 Å². The molecule has 0 atom stereocenters. The van der Waals surface area contributed by atoms with Gasteiger partial charge in [0.05, 0.1) is 6.42 Å². The zero-order valence-corrected chi connectivity index (χ0v) is 11.4. The standard InChI is InChI=1S/C16H18O3/c1-16(2,3)19-15(18)10-11-6-4-8-13-12(11)7-5-9-14(13)17/h4-9,17H,10H2,1-3H3.